The van der Waals surface area contributed by atoms with Crippen LogP contribution in [0.1, 0.15) is 11.1 Å². The van der Waals surface area contributed by atoms with Gasteiger partial charge < -0.3 is 4.74 Å². The van der Waals surface area contributed by atoms with E-state index in [0.29, 0.717) is 0 Å². The molecule has 0 radical (unpaired) electrons. The lowest BCUT2D eigenvalue weighted by Gasteiger charge is -2.16. The van der Waals surface area contributed by atoms with Crippen LogP contribution in [0.15, 0.2) is 48.5 Å². The molecule has 0 aliphatic heterocycles. The Hall–Kier alpha value is -2.32. The zero-order chi connectivity index (χ0) is 18.8. The first kappa shape index (κ1) is 19.0. The third-order valence-electron chi connectivity index (χ3n) is 3.26. The summed E-state index contributed by atoms with van der Waals surface area (Å²) in [4.78, 5) is 0. The molecule has 0 amide bonds. The van der Waals surface area contributed by atoms with Gasteiger partial charge in [-0.2, -0.15) is 17.6 Å². The van der Waals surface area contributed by atoms with E-state index in [1.165, 1.54) is 0 Å². The van der Waals surface area contributed by atoms with Gasteiger partial charge in [-0.3, -0.25) is 0 Å². The van der Waals surface area contributed by atoms with Crippen molar-refractivity contribution in [2.24, 2.45) is 0 Å². The lowest BCUT2D eigenvalue weighted by Crippen LogP contribution is -2.23. The van der Waals surface area contributed by atoms with Crippen molar-refractivity contribution in [3.63, 3.8) is 0 Å². The third-order valence-corrected chi connectivity index (χ3v) is 3.26. The molecule has 0 aliphatic rings. The van der Waals surface area contributed by atoms with E-state index < -0.39 is 35.8 Å². The van der Waals surface area contributed by atoms with Gasteiger partial charge in [0.2, 0.25) is 0 Å². The SMILES string of the molecule is FC(F)C(F)(F)c1ccc(Oc2ccc(C(F)(F)C(F)F)cc2)cc1. The van der Waals surface area contributed by atoms with Crippen LogP contribution in [0.5, 0.6) is 11.5 Å². The van der Waals surface area contributed by atoms with Gasteiger partial charge in [0.05, 0.1) is 0 Å². The molecule has 0 aliphatic carbocycles. The fourth-order valence-electron chi connectivity index (χ4n) is 1.88. The molecule has 136 valence electrons. The first-order valence-corrected chi connectivity index (χ1v) is 6.76. The summed E-state index contributed by atoms with van der Waals surface area (Å²) in [5.74, 6) is -8.69. The van der Waals surface area contributed by atoms with Gasteiger partial charge in [-0.05, 0) is 48.5 Å². The molecule has 0 aromatic heterocycles. The lowest BCUT2D eigenvalue weighted by molar-refractivity contribution is -0.135. The zero-order valence-electron chi connectivity index (χ0n) is 12.2. The molecule has 0 saturated heterocycles. The summed E-state index contributed by atoms with van der Waals surface area (Å²) in [6.07, 6.45) is -7.74. The van der Waals surface area contributed by atoms with Crippen LogP contribution in [0.25, 0.3) is 0 Å². The van der Waals surface area contributed by atoms with Gasteiger partial charge in [0.1, 0.15) is 11.5 Å². The highest BCUT2D eigenvalue weighted by Gasteiger charge is 2.43. The van der Waals surface area contributed by atoms with Gasteiger partial charge in [-0.1, -0.05) is 0 Å². The Morgan fingerprint density at radius 2 is 0.840 bits per heavy atom. The van der Waals surface area contributed by atoms with Crippen molar-refractivity contribution in [2.75, 3.05) is 0 Å². The highest BCUT2D eigenvalue weighted by atomic mass is 19.3. The molecular weight excluding hydrogens is 360 g/mol. The van der Waals surface area contributed by atoms with Crippen molar-refractivity contribution in [1.29, 1.82) is 0 Å². The summed E-state index contributed by atoms with van der Waals surface area (Å²) >= 11 is 0. The summed E-state index contributed by atoms with van der Waals surface area (Å²) in [6, 6.07) is 6.92. The summed E-state index contributed by atoms with van der Waals surface area (Å²) in [5, 5.41) is 0. The number of ether oxygens (including phenoxy) is 1. The highest BCUT2D eigenvalue weighted by molar-refractivity contribution is 5.36. The maximum absolute atomic E-state index is 13.1. The monoisotopic (exact) mass is 370 g/mol. The molecule has 0 fully saturated rings. The van der Waals surface area contributed by atoms with E-state index in [4.69, 9.17) is 4.74 Å². The van der Waals surface area contributed by atoms with Crippen molar-refractivity contribution in [3.8, 4) is 11.5 Å². The van der Waals surface area contributed by atoms with Gasteiger partial charge in [0, 0.05) is 11.1 Å². The van der Waals surface area contributed by atoms with Crippen LogP contribution in [0, 0.1) is 0 Å². The molecule has 0 saturated carbocycles. The van der Waals surface area contributed by atoms with Gasteiger partial charge in [0.15, 0.2) is 0 Å². The molecule has 2 aromatic carbocycles. The molecule has 0 spiro atoms. The van der Waals surface area contributed by atoms with Gasteiger partial charge in [-0.15, -0.1) is 0 Å². The molecule has 25 heavy (non-hydrogen) atoms. The predicted molar refractivity (Wildman–Crippen MR) is 72.8 cm³/mol. The van der Waals surface area contributed by atoms with Gasteiger partial charge in [-0.25, -0.2) is 17.6 Å². The molecule has 2 aromatic rings. The van der Waals surface area contributed by atoms with Gasteiger partial charge in [0.25, 0.3) is 0 Å². The Morgan fingerprint density at radius 3 is 1.08 bits per heavy atom. The van der Waals surface area contributed by atoms with Crippen molar-refractivity contribution in [2.45, 2.75) is 24.7 Å². The fourth-order valence-corrected chi connectivity index (χ4v) is 1.88. The van der Waals surface area contributed by atoms with Crippen molar-refractivity contribution in [3.05, 3.63) is 59.7 Å². The Balaban J connectivity index is 2.13. The van der Waals surface area contributed by atoms with Crippen LogP contribution in [0.2, 0.25) is 0 Å². The zero-order valence-corrected chi connectivity index (χ0v) is 12.2. The molecule has 2 rings (SSSR count). The maximum Gasteiger partial charge on any atom is 0.332 e. The fraction of sp³-hybridized carbons (Fsp3) is 0.250. The second-order valence-electron chi connectivity index (χ2n) is 5.00. The summed E-state index contributed by atoms with van der Waals surface area (Å²) in [6.45, 7) is 0. The summed E-state index contributed by atoms with van der Waals surface area (Å²) < 4.78 is 107. The highest BCUT2D eigenvalue weighted by Crippen LogP contribution is 2.37. The Morgan fingerprint density at radius 1 is 0.560 bits per heavy atom. The largest absolute Gasteiger partial charge is 0.457 e. The minimum Gasteiger partial charge on any atom is -0.457 e. The minimum atomic E-state index is -4.32. The van der Waals surface area contributed by atoms with Crippen LogP contribution < -0.4 is 4.74 Å². The number of benzene rings is 2. The van der Waals surface area contributed by atoms with Crippen LogP contribution >= 0.6 is 0 Å². The lowest BCUT2D eigenvalue weighted by atomic mass is 10.1. The van der Waals surface area contributed by atoms with Crippen LogP contribution in [-0.4, -0.2) is 12.9 Å². The molecule has 9 heteroatoms. The quantitative estimate of drug-likeness (QED) is 0.551. The number of alkyl halides is 8. The van der Waals surface area contributed by atoms with E-state index in [1.54, 1.807) is 0 Å². The second kappa shape index (κ2) is 6.89. The van der Waals surface area contributed by atoms with Crippen LogP contribution in [-0.2, 0) is 11.8 Å². The first-order chi connectivity index (χ1) is 11.5. The standard InChI is InChI=1S/C16H10F8O/c17-13(18)15(21,22)9-1-5-11(6-2-9)25-12-7-3-10(4-8-12)16(23,24)14(19)20/h1-8,13-14H. The summed E-state index contributed by atoms with van der Waals surface area (Å²) in [7, 11) is 0. The molecule has 0 bridgehead atoms. The van der Waals surface area contributed by atoms with Gasteiger partial charge >= 0.3 is 24.7 Å². The predicted octanol–water partition coefficient (Wildman–Crippen LogP) is 6.19. The smallest absolute Gasteiger partial charge is 0.332 e. The van der Waals surface area contributed by atoms with Crippen molar-refractivity contribution < 1.29 is 39.9 Å². The number of hydrogen-bond acceptors (Lipinski definition) is 1. The minimum absolute atomic E-state index is 0.0258. The van der Waals surface area contributed by atoms with E-state index in [2.05, 4.69) is 0 Å². The number of rotatable bonds is 6. The summed E-state index contributed by atoms with van der Waals surface area (Å²) in [5.41, 5.74) is -1.83. The second-order valence-corrected chi connectivity index (χ2v) is 5.00. The Bertz CT molecular complexity index is 634. The number of hydrogen-bond donors (Lipinski definition) is 0. The van der Waals surface area contributed by atoms with E-state index in [-0.39, 0.29) is 11.5 Å². The van der Waals surface area contributed by atoms with E-state index in [1.807, 2.05) is 0 Å². The molecule has 0 atom stereocenters. The van der Waals surface area contributed by atoms with E-state index in [9.17, 15) is 35.1 Å². The molecule has 0 unspecified atom stereocenters. The topological polar surface area (TPSA) is 9.23 Å². The van der Waals surface area contributed by atoms with Crippen LogP contribution in [0.3, 0.4) is 0 Å². The van der Waals surface area contributed by atoms with Crippen molar-refractivity contribution >= 4 is 0 Å². The third kappa shape index (κ3) is 4.02. The maximum atomic E-state index is 13.1. The van der Waals surface area contributed by atoms with Crippen LogP contribution in [0.4, 0.5) is 35.1 Å². The Kier molecular flexibility index (Phi) is 5.24. The average Bonchev–Trinajstić information content (AvgIpc) is 2.55. The first-order valence-electron chi connectivity index (χ1n) is 6.76. The molecule has 1 nitrogen and oxygen atoms in total. The van der Waals surface area contributed by atoms with E-state index >= 15 is 0 Å². The molecule has 0 N–H and O–H groups in total. The average molecular weight is 370 g/mol. The van der Waals surface area contributed by atoms with Crippen molar-refractivity contribution in [1.82, 2.24) is 0 Å². The normalized spacial score (nSPS) is 12.7. The molecule has 0 heterocycles. The van der Waals surface area contributed by atoms with E-state index in [0.717, 1.165) is 48.5 Å². The molecular formula is C16H10F8O. The Labute approximate surface area is 136 Å². The number of halogens is 8.